The van der Waals surface area contributed by atoms with Crippen molar-refractivity contribution in [3.05, 3.63) is 23.9 Å². The fraction of sp³-hybridized carbons (Fsp3) is 0.625. The predicted octanol–water partition coefficient (Wildman–Crippen LogP) is 3.38. The van der Waals surface area contributed by atoms with E-state index in [1.807, 2.05) is 0 Å². The summed E-state index contributed by atoms with van der Waals surface area (Å²) in [5.74, 6) is -0.122. The Balaban J connectivity index is 1.88. The van der Waals surface area contributed by atoms with Gasteiger partial charge in [-0.25, -0.2) is 0 Å². The summed E-state index contributed by atoms with van der Waals surface area (Å²) in [4.78, 5) is 2.48. The maximum atomic E-state index is 8.82. The van der Waals surface area contributed by atoms with Gasteiger partial charge < -0.3 is 4.90 Å². The molecule has 1 heterocycles. The third-order valence-corrected chi connectivity index (χ3v) is 3.99. The van der Waals surface area contributed by atoms with Crippen LogP contribution in [0.2, 0.25) is 0 Å². The zero-order valence-corrected chi connectivity index (χ0v) is 11.4. The molecule has 0 aromatic heterocycles. The molecule has 0 N–H and O–H groups in total. The first kappa shape index (κ1) is 13.7. The highest BCUT2D eigenvalue weighted by molar-refractivity contribution is 5.23. The van der Waals surface area contributed by atoms with Crippen molar-refractivity contribution in [2.24, 2.45) is 11.8 Å². The molecule has 0 radical (unpaired) electrons. The van der Waals surface area contributed by atoms with Gasteiger partial charge in [-0.15, -0.1) is 0 Å². The Labute approximate surface area is 115 Å². The second-order valence-corrected chi connectivity index (χ2v) is 5.43. The van der Waals surface area contributed by atoms with E-state index in [1.54, 1.807) is 0 Å². The standard InChI is InChI=1S/C16H21N3/c17-12-15(13-18)11-14-5-7-16(8-6-14)19-9-3-1-2-4-10-19/h5,7-8,14-15H,1-4,6,9-11H2. The van der Waals surface area contributed by atoms with E-state index < -0.39 is 5.92 Å². The van der Waals surface area contributed by atoms with Crippen LogP contribution in [0, 0.1) is 34.5 Å². The van der Waals surface area contributed by atoms with E-state index in [-0.39, 0.29) is 0 Å². The van der Waals surface area contributed by atoms with Crippen molar-refractivity contribution in [2.75, 3.05) is 13.1 Å². The lowest BCUT2D eigenvalue weighted by atomic mass is 9.90. The van der Waals surface area contributed by atoms with E-state index >= 15 is 0 Å². The molecule has 0 aromatic rings. The summed E-state index contributed by atoms with van der Waals surface area (Å²) in [6.45, 7) is 2.33. The van der Waals surface area contributed by atoms with Gasteiger partial charge in [0.05, 0.1) is 12.1 Å². The van der Waals surface area contributed by atoms with Crippen molar-refractivity contribution < 1.29 is 0 Å². The second-order valence-electron chi connectivity index (χ2n) is 5.43. The largest absolute Gasteiger partial charge is 0.372 e. The van der Waals surface area contributed by atoms with Crippen LogP contribution in [0.25, 0.3) is 0 Å². The van der Waals surface area contributed by atoms with Crippen LogP contribution in [0.1, 0.15) is 38.5 Å². The van der Waals surface area contributed by atoms with Crippen LogP contribution in [0.5, 0.6) is 0 Å². The summed E-state index contributed by atoms with van der Waals surface area (Å²) < 4.78 is 0. The lowest BCUT2D eigenvalue weighted by Crippen LogP contribution is -2.24. The highest BCUT2D eigenvalue weighted by Gasteiger charge is 2.17. The average Bonchev–Trinajstić information content (AvgIpc) is 2.74. The minimum absolute atomic E-state index is 0.347. The van der Waals surface area contributed by atoms with E-state index in [0.717, 1.165) is 6.42 Å². The van der Waals surface area contributed by atoms with Crippen molar-refractivity contribution in [3.63, 3.8) is 0 Å². The molecule has 1 saturated heterocycles. The molecule has 0 bridgehead atoms. The summed E-state index contributed by atoms with van der Waals surface area (Å²) in [5, 5.41) is 17.6. The quantitative estimate of drug-likeness (QED) is 0.776. The van der Waals surface area contributed by atoms with E-state index in [0.29, 0.717) is 12.3 Å². The van der Waals surface area contributed by atoms with E-state index in [2.05, 4.69) is 35.3 Å². The third-order valence-electron chi connectivity index (χ3n) is 3.99. The fourth-order valence-corrected chi connectivity index (χ4v) is 2.83. The maximum absolute atomic E-state index is 8.82. The zero-order valence-electron chi connectivity index (χ0n) is 11.4. The van der Waals surface area contributed by atoms with Crippen molar-refractivity contribution in [3.8, 4) is 12.1 Å². The summed E-state index contributed by atoms with van der Waals surface area (Å²) in [6, 6.07) is 4.11. The summed E-state index contributed by atoms with van der Waals surface area (Å²) in [7, 11) is 0. The maximum Gasteiger partial charge on any atom is 0.133 e. The van der Waals surface area contributed by atoms with E-state index in [9.17, 15) is 0 Å². The molecule has 1 aliphatic heterocycles. The monoisotopic (exact) mass is 255 g/mol. The molecule has 0 amide bonds. The molecule has 100 valence electrons. The number of rotatable bonds is 3. The lowest BCUT2D eigenvalue weighted by Gasteiger charge is -2.27. The molecule has 3 heteroatoms. The van der Waals surface area contributed by atoms with Crippen molar-refractivity contribution in [2.45, 2.75) is 38.5 Å². The summed E-state index contributed by atoms with van der Waals surface area (Å²) in [6.07, 6.45) is 13.5. The van der Waals surface area contributed by atoms with Gasteiger partial charge in [0.25, 0.3) is 0 Å². The van der Waals surface area contributed by atoms with Crippen LogP contribution >= 0.6 is 0 Å². The molecular weight excluding hydrogens is 234 g/mol. The third kappa shape index (κ3) is 3.86. The van der Waals surface area contributed by atoms with Crippen molar-refractivity contribution in [1.29, 1.82) is 10.5 Å². The Morgan fingerprint density at radius 3 is 2.37 bits per heavy atom. The van der Waals surface area contributed by atoms with Crippen LogP contribution in [-0.4, -0.2) is 18.0 Å². The number of nitriles is 2. The molecule has 0 spiro atoms. The van der Waals surface area contributed by atoms with Gasteiger partial charge in [-0.2, -0.15) is 10.5 Å². The first-order valence-electron chi connectivity index (χ1n) is 7.26. The normalized spacial score (nSPS) is 23.4. The van der Waals surface area contributed by atoms with Crippen LogP contribution in [-0.2, 0) is 0 Å². The number of hydrogen-bond donors (Lipinski definition) is 0. The number of nitrogens with zero attached hydrogens (tertiary/aromatic N) is 3. The SMILES string of the molecule is N#CC(C#N)CC1C=CC(N2CCCCCC2)=CC1. The van der Waals surface area contributed by atoms with Gasteiger partial charge in [0.15, 0.2) is 0 Å². The first-order chi connectivity index (χ1) is 9.33. The topological polar surface area (TPSA) is 50.8 Å². The van der Waals surface area contributed by atoms with Crippen LogP contribution in [0.15, 0.2) is 23.9 Å². The van der Waals surface area contributed by atoms with Gasteiger partial charge in [0, 0.05) is 18.8 Å². The van der Waals surface area contributed by atoms with Gasteiger partial charge >= 0.3 is 0 Å². The molecule has 1 aliphatic carbocycles. The molecule has 1 unspecified atom stereocenters. The molecule has 0 aromatic carbocycles. The Kier molecular flexibility index (Phi) is 5.04. The highest BCUT2D eigenvalue weighted by Crippen LogP contribution is 2.25. The first-order valence-corrected chi connectivity index (χ1v) is 7.26. The van der Waals surface area contributed by atoms with E-state index in [1.165, 1.54) is 44.5 Å². The number of allylic oxidation sites excluding steroid dienone is 3. The summed E-state index contributed by atoms with van der Waals surface area (Å²) in [5.41, 5.74) is 1.34. The molecular formula is C16H21N3. The second kappa shape index (κ2) is 7.00. The van der Waals surface area contributed by atoms with Crippen LogP contribution in [0.4, 0.5) is 0 Å². The van der Waals surface area contributed by atoms with Gasteiger partial charge in [0.2, 0.25) is 0 Å². The zero-order chi connectivity index (χ0) is 13.5. The number of hydrogen-bond acceptors (Lipinski definition) is 3. The predicted molar refractivity (Wildman–Crippen MR) is 74.7 cm³/mol. The van der Waals surface area contributed by atoms with Crippen LogP contribution < -0.4 is 0 Å². The van der Waals surface area contributed by atoms with Gasteiger partial charge in [-0.05, 0) is 37.7 Å². The van der Waals surface area contributed by atoms with Crippen molar-refractivity contribution in [1.82, 2.24) is 4.90 Å². The minimum atomic E-state index is -0.470. The van der Waals surface area contributed by atoms with Gasteiger partial charge in [-0.3, -0.25) is 0 Å². The highest BCUT2D eigenvalue weighted by atomic mass is 15.1. The molecule has 1 fully saturated rings. The molecule has 2 aliphatic rings. The Hall–Kier alpha value is -1.74. The molecule has 3 nitrogen and oxygen atoms in total. The Morgan fingerprint density at radius 2 is 1.84 bits per heavy atom. The molecule has 19 heavy (non-hydrogen) atoms. The average molecular weight is 255 g/mol. The molecule has 1 atom stereocenters. The van der Waals surface area contributed by atoms with Gasteiger partial charge in [-0.1, -0.05) is 25.0 Å². The Morgan fingerprint density at radius 1 is 1.16 bits per heavy atom. The van der Waals surface area contributed by atoms with Crippen molar-refractivity contribution >= 4 is 0 Å². The Bertz CT molecular complexity index is 414. The van der Waals surface area contributed by atoms with Gasteiger partial charge in [0.1, 0.15) is 5.92 Å². The molecule has 0 saturated carbocycles. The summed E-state index contributed by atoms with van der Waals surface area (Å²) >= 11 is 0. The number of likely N-dealkylation sites (tertiary alicyclic amines) is 1. The minimum Gasteiger partial charge on any atom is -0.372 e. The van der Waals surface area contributed by atoms with Crippen LogP contribution in [0.3, 0.4) is 0 Å². The molecule has 2 rings (SSSR count). The smallest absolute Gasteiger partial charge is 0.133 e. The van der Waals surface area contributed by atoms with E-state index in [4.69, 9.17) is 10.5 Å². The fourth-order valence-electron chi connectivity index (χ4n) is 2.83. The lowest BCUT2D eigenvalue weighted by molar-refractivity contribution is 0.363.